The summed E-state index contributed by atoms with van der Waals surface area (Å²) in [7, 11) is 1.33. The van der Waals surface area contributed by atoms with Gasteiger partial charge >= 0.3 is 5.97 Å². The van der Waals surface area contributed by atoms with Crippen molar-refractivity contribution in [1.29, 1.82) is 0 Å². The number of phenolic OH excluding ortho intramolecular Hbond substituents is 1. The van der Waals surface area contributed by atoms with Crippen molar-refractivity contribution in [3.8, 4) is 5.75 Å². The second-order valence-corrected chi connectivity index (χ2v) is 4.45. The van der Waals surface area contributed by atoms with Crippen LogP contribution in [-0.2, 0) is 20.7 Å². The van der Waals surface area contributed by atoms with Crippen LogP contribution in [0.4, 0.5) is 0 Å². The summed E-state index contributed by atoms with van der Waals surface area (Å²) in [6.45, 7) is 0.386. The van der Waals surface area contributed by atoms with E-state index in [1.165, 1.54) is 7.11 Å². The van der Waals surface area contributed by atoms with Crippen molar-refractivity contribution < 1.29 is 19.4 Å². The lowest BCUT2D eigenvalue weighted by Crippen LogP contribution is -2.42. The molecular weight excluding hydrogens is 260 g/mol. The molecule has 6 nitrogen and oxygen atoms in total. The fourth-order valence-corrected chi connectivity index (χ4v) is 1.66. The zero-order valence-electron chi connectivity index (χ0n) is 11.5. The van der Waals surface area contributed by atoms with Crippen LogP contribution in [0.2, 0.25) is 0 Å². The number of nitrogens with one attached hydrogen (secondary N) is 1. The summed E-state index contributed by atoms with van der Waals surface area (Å²) in [4.78, 5) is 22.6. The van der Waals surface area contributed by atoms with Crippen molar-refractivity contribution in [2.45, 2.75) is 25.3 Å². The van der Waals surface area contributed by atoms with Gasteiger partial charge in [0.05, 0.1) is 13.2 Å². The zero-order valence-corrected chi connectivity index (χ0v) is 11.5. The normalized spacial score (nSPS) is 11.7. The molecule has 0 unspecified atom stereocenters. The first-order valence-corrected chi connectivity index (χ1v) is 6.41. The number of methoxy groups -OCH3 is 1. The Kier molecular flexibility index (Phi) is 6.52. The average molecular weight is 280 g/mol. The summed E-state index contributed by atoms with van der Waals surface area (Å²) in [6, 6.07) is 5.89. The molecule has 110 valence electrons. The van der Waals surface area contributed by atoms with Gasteiger partial charge in [-0.15, -0.1) is 0 Å². The van der Waals surface area contributed by atoms with Gasteiger partial charge in [-0.2, -0.15) is 0 Å². The molecule has 0 saturated carbocycles. The third-order valence-corrected chi connectivity index (χ3v) is 2.81. The highest BCUT2D eigenvalue weighted by Gasteiger charge is 2.13. The summed E-state index contributed by atoms with van der Waals surface area (Å²) < 4.78 is 4.50. The molecule has 0 aliphatic carbocycles. The molecule has 1 amide bonds. The molecule has 0 radical (unpaired) electrons. The van der Waals surface area contributed by atoms with Crippen LogP contribution in [-0.4, -0.2) is 36.7 Å². The van der Waals surface area contributed by atoms with E-state index in [9.17, 15) is 9.59 Å². The Hall–Kier alpha value is -2.08. The molecule has 4 N–H and O–H groups in total. The molecule has 20 heavy (non-hydrogen) atoms. The molecule has 6 heteroatoms. The first-order valence-electron chi connectivity index (χ1n) is 6.41. The van der Waals surface area contributed by atoms with Gasteiger partial charge in [0.2, 0.25) is 5.91 Å². The summed E-state index contributed by atoms with van der Waals surface area (Å²) in [5, 5.41) is 11.8. The van der Waals surface area contributed by atoms with Gasteiger partial charge in [-0.1, -0.05) is 12.1 Å². The summed E-state index contributed by atoms with van der Waals surface area (Å²) in [6.07, 6.45) is 1.18. The number of hydrogen-bond donors (Lipinski definition) is 3. The topological polar surface area (TPSA) is 102 Å². The molecule has 1 aromatic rings. The number of rotatable bonds is 7. The van der Waals surface area contributed by atoms with Crippen LogP contribution in [0.25, 0.3) is 0 Å². The lowest BCUT2D eigenvalue weighted by Gasteiger charge is -2.12. The maximum atomic E-state index is 11.7. The second-order valence-electron chi connectivity index (χ2n) is 4.45. The highest BCUT2D eigenvalue weighted by molar-refractivity contribution is 5.81. The largest absolute Gasteiger partial charge is 0.508 e. The first kappa shape index (κ1) is 16.0. The summed E-state index contributed by atoms with van der Waals surface area (Å²) >= 11 is 0. The van der Waals surface area contributed by atoms with E-state index in [1.54, 1.807) is 24.3 Å². The zero-order chi connectivity index (χ0) is 15.0. The number of hydrogen-bond acceptors (Lipinski definition) is 5. The molecule has 1 rings (SSSR count). The molecular formula is C14H20N2O4. The number of amides is 1. The number of phenols is 1. The van der Waals surface area contributed by atoms with E-state index in [1.807, 2.05) is 0 Å². The molecule has 1 atom stereocenters. The summed E-state index contributed by atoms with van der Waals surface area (Å²) in [5.41, 5.74) is 6.66. The molecule has 0 aliphatic rings. The Morgan fingerprint density at radius 2 is 2.00 bits per heavy atom. The van der Waals surface area contributed by atoms with E-state index in [0.717, 1.165) is 5.56 Å². The highest BCUT2D eigenvalue weighted by atomic mass is 16.5. The Labute approximate surface area is 117 Å². The predicted octanol–water partition coefficient (Wildman–Crippen LogP) is 0.331. The van der Waals surface area contributed by atoms with E-state index >= 15 is 0 Å². The second kappa shape index (κ2) is 8.16. The van der Waals surface area contributed by atoms with Crippen LogP contribution in [0.1, 0.15) is 18.4 Å². The van der Waals surface area contributed by atoms with Crippen LogP contribution in [0.3, 0.4) is 0 Å². The van der Waals surface area contributed by atoms with Crippen LogP contribution >= 0.6 is 0 Å². The third kappa shape index (κ3) is 5.71. The summed E-state index contributed by atoms with van der Waals surface area (Å²) in [5.74, 6) is -0.384. The van der Waals surface area contributed by atoms with Gasteiger partial charge < -0.3 is 20.9 Å². The number of ether oxygens (including phenoxy) is 1. The average Bonchev–Trinajstić information content (AvgIpc) is 2.45. The lowest BCUT2D eigenvalue weighted by molar-refractivity contribution is -0.140. The van der Waals surface area contributed by atoms with Gasteiger partial charge in [0, 0.05) is 13.0 Å². The Morgan fingerprint density at radius 3 is 2.60 bits per heavy atom. The van der Waals surface area contributed by atoms with E-state index in [2.05, 4.69) is 10.1 Å². The Balaban J connectivity index is 2.28. The number of nitrogens with two attached hydrogens (primary N) is 1. The van der Waals surface area contributed by atoms with Crippen molar-refractivity contribution in [2.75, 3.05) is 13.7 Å². The van der Waals surface area contributed by atoms with E-state index < -0.39 is 6.04 Å². The molecule has 0 aromatic heterocycles. The van der Waals surface area contributed by atoms with Gasteiger partial charge in [-0.3, -0.25) is 9.59 Å². The highest BCUT2D eigenvalue weighted by Crippen LogP contribution is 2.10. The molecule has 0 aliphatic heterocycles. The van der Waals surface area contributed by atoms with Crippen molar-refractivity contribution in [2.24, 2.45) is 5.73 Å². The van der Waals surface area contributed by atoms with Crippen LogP contribution in [0, 0.1) is 0 Å². The molecule has 0 fully saturated rings. The SMILES string of the molecule is COC(=O)CCCNC(=O)[C@H](N)Cc1ccc(O)cc1. The van der Waals surface area contributed by atoms with E-state index in [0.29, 0.717) is 19.4 Å². The van der Waals surface area contributed by atoms with Gasteiger partial charge in [0.1, 0.15) is 5.75 Å². The standard InChI is InChI=1S/C14H20N2O4/c1-20-13(18)3-2-8-16-14(19)12(15)9-10-4-6-11(17)7-5-10/h4-7,12,17H,2-3,8-9,15H2,1H3,(H,16,19)/t12-/m1/s1. The van der Waals surface area contributed by atoms with Gasteiger partial charge in [0.25, 0.3) is 0 Å². The first-order chi connectivity index (χ1) is 9.52. The Bertz CT molecular complexity index is 445. The van der Waals surface area contributed by atoms with Gasteiger partial charge in [-0.25, -0.2) is 0 Å². The Morgan fingerprint density at radius 1 is 1.35 bits per heavy atom. The van der Waals surface area contributed by atoms with Crippen molar-refractivity contribution >= 4 is 11.9 Å². The maximum Gasteiger partial charge on any atom is 0.305 e. The quantitative estimate of drug-likeness (QED) is 0.493. The van der Waals surface area contributed by atoms with Crippen LogP contribution < -0.4 is 11.1 Å². The third-order valence-electron chi connectivity index (χ3n) is 2.81. The molecule has 0 bridgehead atoms. The predicted molar refractivity (Wildman–Crippen MR) is 74.0 cm³/mol. The minimum atomic E-state index is -0.655. The molecule has 0 spiro atoms. The number of aromatic hydroxyl groups is 1. The van der Waals surface area contributed by atoms with Crippen molar-refractivity contribution in [3.63, 3.8) is 0 Å². The number of esters is 1. The number of benzene rings is 1. The van der Waals surface area contributed by atoms with Crippen molar-refractivity contribution in [1.82, 2.24) is 5.32 Å². The molecule has 0 saturated heterocycles. The fourth-order valence-electron chi connectivity index (χ4n) is 1.66. The maximum absolute atomic E-state index is 11.7. The van der Waals surface area contributed by atoms with Crippen LogP contribution in [0.5, 0.6) is 5.75 Å². The van der Waals surface area contributed by atoms with Gasteiger partial charge in [-0.05, 0) is 30.5 Å². The lowest BCUT2D eigenvalue weighted by atomic mass is 10.1. The van der Waals surface area contributed by atoms with E-state index in [-0.39, 0.29) is 24.0 Å². The van der Waals surface area contributed by atoms with Gasteiger partial charge in [0.15, 0.2) is 0 Å². The molecule has 1 aromatic carbocycles. The smallest absolute Gasteiger partial charge is 0.305 e. The van der Waals surface area contributed by atoms with Crippen molar-refractivity contribution in [3.05, 3.63) is 29.8 Å². The number of carbonyl (C=O) groups is 2. The molecule has 0 heterocycles. The van der Waals surface area contributed by atoms with E-state index in [4.69, 9.17) is 10.8 Å². The number of carbonyl (C=O) groups excluding carboxylic acids is 2. The van der Waals surface area contributed by atoms with Crippen LogP contribution in [0.15, 0.2) is 24.3 Å². The fraction of sp³-hybridized carbons (Fsp3) is 0.429. The minimum absolute atomic E-state index is 0.176. The monoisotopic (exact) mass is 280 g/mol. The minimum Gasteiger partial charge on any atom is -0.508 e.